The van der Waals surface area contributed by atoms with Crippen LogP contribution < -0.4 is 4.90 Å². The first-order chi connectivity index (χ1) is 30.6. The largest absolute Gasteiger partial charge is 0.310 e. The van der Waals surface area contributed by atoms with E-state index >= 15 is 0 Å². The molecule has 0 N–H and O–H groups in total. The van der Waals surface area contributed by atoms with E-state index in [0.717, 1.165) is 17.1 Å². The Kier molecular flexibility index (Phi) is 10.5. The van der Waals surface area contributed by atoms with Gasteiger partial charge in [-0.1, -0.05) is 147 Å². The van der Waals surface area contributed by atoms with Gasteiger partial charge in [-0.25, -0.2) is 10.0 Å². The summed E-state index contributed by atoms with van der Waals surface area (Å²) >= 11 is 0. The fraction of sp³-hybridized carbons (Fsp3) is 0.100. The molecule has 0 spiro atoms. The van der Waals surface area contributed by atoms with Gasteiger partial charge in [-0.3, -0.25) is 0 Å². The van der Waals surface area contributed by atoms with E-state index < -0.39 is 20.1 Å². The zero-order valence-electron chi connectivity index (χ0n) is 36.7. The summed E-state index contributed by atoms with van der Waals surface area (Å²) < 4.78 is 0. The van der Waals surface area contributed by atoms with Crippen molar-refractivity contribution in [2.45, 2.75) is 43.7 Å². The minimum atomic E-state index is -1.82. The van der Waals surface area contributed by atoms with E-state index in [1.807, 2.05) is 0 Å². The number of rotatable bonds is 10. The van der Waals surface area contributed by atoms with E-state index in [9.17, 15) is 0 Å². The van der Waals surface area contributed by atoms with Crippen molar-refractivity contribution >= 4 is 37.1 Å². The Balaban J connectivity index is 1.07. The topological polar surface area (TPSA) is 3.24 Å². The van der Waals surface area contributed by atoms with Crippen LogP contribution in [0.4, 0.5) is 17.1 Å². The first kappa shape index (κ1) is 40.5. The third-order valence-electron chi connectivity index (χ3n) is 12.8. The number of anilines is 3. The van der Waals surface area contributed by atoms with Crippen LogP contribution in [0.25, 0.3) is 33.4 Å². The number of nitrogens with zero attached hydrogens (tertiary/aromatic N) is 1. The van der Waals surface area contributed by atoms with Crippen LogP contribution in [0.2, 0.25) is 0 Å². The first-order valence-corrected chi connectivity index (χ1v) is 26.2. The Bertz CT molecular complexity index is 2910. The van der Waals surface area contributed by atoms with Gasteiger partial charge >= 0.3 is 0 Å². The second kappa shape index (κ2) is 16.3. The van der Waals surface area contributed by atoms with Crippen molar-refractivity contribution in [3.8, 4) is 33.4 Å². The lowest BCUT2D eigenvalue weighted by atomic mass is 9.82. The van der Waals surface area contributed by atoms with Crippen molar-refractivity contribution in [1.29, 1.82) is 0 Å². The molecular formula is C60H53NS2. The molecule has 0 heterocycles. The van der Waals surface area contributed by atoms with Gasteiger partial charge in [0.1, 0.15) is 0 Å². The lowest BCUT2D eigenvalue weighted by Gasteiger charge is -2.42. The van der Waals surface area contributed by atoms with Gasteiger partial charge in [-0.2, -0.15) is 0 Å². The van der Waals surface area contributed by atoms with Crippen molar-refractivity contribution < 1.29 is 0 Å². The highest BCUT2D eigenvalue weighted by molar-refractivity contribution is 8.34. The molecule has 0 atom stereocenters. The number of fused-ring (bicyclic) bond motifs is 3. The second-order valence-electron chi connectivity index (χ2n) is 17.8. The predicted octanol–water partition coefficient (Wildman–Crippen LogP) is 17.2. The molecule has 63 heavy (non-hydrogen) atoms. The van der Waals surface area contributed by atoms with E-state index in [2.05, 4.69) is 268 Å². The molecule has 3 heteroatoms. The molecule has 1 aliphatic rings. The molecule has 10 rings (SSSR count). The highest BCUT2D eigenvalue weighted by Gasteiger charge is 2.36. The van der Waals surface area contributed by atoms with Crippen LogP contribution in [0.15, 0.2) is 255 Å². The summed E-state index contributed by atoms with van der Waals surface area (Å²) in [5.74, 6) is 0. The summed E-state index contributed by atoms with van der Waals surface area (Å²) in [6, 6.07) is 85.9. The molecule has 0 saturated carbocycles. The predicted molar refractivity (Wildman–Crippen MR) is 273 cm³/mol. The Morgan fingerprint density at radius 1 is 0.317 bits per heavy atom. The van der Waals surface area contributed by atoms with Crippen molar-refractivity contribution in [1.82, 2.24) is 0 Å². The highest BCUT2D eigenvalue weighted by atomic mass is 32.3. The molecule has 0 aliphatic heterocycles. The maximum absolute atomic E-state index is 2.43. The van der Waals surface area contributed by atoms with Gasteiger partial charge in [0.05, 0.1) is 0 Å². The molecule has 0 amide bonds. The van der Waals surface area contributed by atoms with Crippen LogP contribution in [-0.2, 0) is 5.41 Å². The molecular weight excluding hydrogens is 799 g/mol. The Hall–Kier alpha value is -6.52. The third kappa shape index (κ3) is 7.30. The van der Waals surface area contributed by atoms with Crippen LogP contribution in [0.1, 0.15) is 25.0 Å². The van der Waals surface area contributed by atoms with Gasteiger partial charge in [0, 0.05) is 42.1 Å². The van der Waals surface area contributed by atoms with Gasteiger partial charge in [-0.05, 0) is 165 Å². The average molecular weight is 852 g/mol. The van der Waals surface area contributed by atoms with Crippen LogP contribution in [0.3, 0.4) is 0 Å². The van der Waals surface area contributed by atoms with E-state index in [1.54, 1.807) is 0 Å². The summed E-state index contributed by atoms with van der Waals surface area (Å²) in [6.45, 7) is 4.73. The lowest BCUT2D eigenvalue weighted by Crippen LogP contribution is -2.16. The van der Waals surface area contributed by atoms with Gasteiger partial charge in [0.15, 0.2) is 0 Å². The zero-order valence-corrected chi connectivity index (χ0v) is 38.3. The molecule has 0 aromatic heterocycles. The van der Waals surface area contributed by atoms with E-state index in [0.29, 0.717) is 0 Å². The molecule has 1 aliphatic carbocycles. The Morgan fingerprint density at radius 3 is 1.14 bits per heavy atom. The molecule has 0 fully saturated rings. The minimum absolute atomic E-state index is 0.118. The van der Waals surface area contributed by atoms with E-state index in [4.69, 9.17) is 0 Å². The second-order valence-corrected chi connectivity index (χ2v) is 25.0. The van der Waals surface area contributed by atoms with Crippen molar-refractivity contribution in [3.05, 3.63) is 242 Å². The molecule has 9 aromatic carbocycles. The summed E-state index contributed by atoms with van der Waals surface area (Å²) in [6.07, 6.45) is 7.04. The van der Waals surface area contributed by atoms with Crippen LogP contribution >= 0.6 is 20.1 Å². The fourth-order valence-corrected chi connectivity index (χ4v) is 14.3. The number of hydrogen-bond acceptors (Lipinski definition) is 1. The monoisotopic (exact) mass is 851 g/mol. The Labute approximate surface area is 377 Å². The molecule has 9 aromatic rings. The fourth-order valence-electron chi connectivity index (χ4n) is 9.48. The molecule has 0 unspecified atom stereocenters. The van der Waals surface area contributed by atoms with Crippen molar-refractivity contribution in [2.75, 3.05) is 23.7 Å². The Morgan fingerprint density at radius 2 is 0.667 bits per heavy atom. The summed E-state index contributed by atoms with van der Waals surface area (Å²) in [7, 11) is -2.57. The molecule has 0 bridgehead atoms. The SMILES string of the molecule is CC1(C)c2ccccc2-c2ccc(N(c3ccc(-c4ccc(-c5ccc(S(C)(C)C)cc5)cc4)cc3)c3ccc(S(c4ccccc4)(c4ccccc4)c4ccccc4)cc3)cc21. The molecule has 0 saturated heterocycles. The standard InChI is InChI=1S/C60H53NS2/c1-60(2)58-24-16-15-23-56(58)57-42-37-50(43-59(57)60)61(48-33-29-46(30-34-48)44-25-27-45(28-26-44)47-31-38-51(39-32-47)62(3,4)5)49-35-40-55(41-36-49)63(52-17-9-6-10-18-52,53-19-11-7-12-20-53)54-21-13-8-14-22-54/h6-43H,1-5H3. The summed E-state index contributed by atoms with van der Waals surface area (Å²) in [5.41, 5.74) is 13.5. The molecule has 0 radical (unpaired) electrons. The van der Waals surface area contributed by atoms with Gasteiger partial charge in [0.25, 0.3) is 0 Å². The summed E-state index contributed by atoms with van der Waals surface area (Å²) in [4.78, 5) is 9.11. The van der Waals surface area contributed by atoms with Gasteiger partial charge in [-0.15, -0.1) is 10.0 Å². The number of benzene rings is 9. The molecule has 1 nitrogen and oxygen atoms in total. The van der Waals surface area contributed by atoms with Crippen LogP contribution in [-0.4, -0.2) is 18.8 Å². The van der Waals surface area contributed by atoms with Crippen molar-refractivity contribution in [2.24, 2.45) is 0 Å². The highest BCUT2D eigenvalue weighted by Crippen LogP contribution is 2.73. The zero-order chi connectivity index (χ0) is 43.2. The normalized spacial score (nSPS) is 13.5. The molecule has 310 valence electrons. The third-order valence-corrected chi connectivity index (χ3v) is 18.4. The van der Waals surface area contributed by atoms with Gasteiger partial charge < -0.3 is 4.90 Å². The smallest absolute Gasteiger partial charge is 0.0465 e. The van der Waals surface area contributed by atoms with Crippen LogP contribution in [0, 0.1) is 0 Å². The maximum atomic E-state index is 2.43. The minimum Gasteiger partial charge on any atom is -0.310 e. The van der Waals surface area contributed by atoms with Crippen LogP contribution in [0.5, 0.6) is 0 Å². The van der Waals surface area contributed by atoms with Gasteiger partial charge in [0.2, 0.25) is 0 Å². The quantitative estimate of drug-likeness (QED) is 0.132. The maximum Gasteiger partial charge on any atom is 0.0465 e. The number of hydrogen-bond donors (Lipinski definition) is 0. The first-order valence-electron chi connectivity index (χ1n) is 21.7. The van der Waals surface area contributed by atoms with Crippen molar-refractivity contribution in [3.63, 3.8) is 0 Å². The summed E-state index contributed by atoms with van der Waals surface area (Å²) in [5, 5.41) is 0. The average Bonchev–Trinajstić information content (AvgIpc) is 3.56. The lowest BCUT2D eigenvalue weighted by molar-refractivity contribution is 0.660. The van der Waals surface area contributed by atoms with E-state index in [-0.39, 0.29) is 5.41 Å². The van der Waals surface area contributed by atoms with E-state index in [1.165, 1.54) is 69.0 Å².